The largest absolute Gasteiger partial charge is 0.280 e. The highest BCUT2D eigenvalue weighted by molar-refractivity contribution is 14.1. The second-order valence-corrected chi connectivity index (χ2v) is 4.23. The number of aromatic nitrogens is 2. The average molecular weight is 328 g/mol. The normalized spacial score (nSPS) is 11.5. The van der Waals surface area contributed by atoms with Crippen LogP contribution in [0.25, 0.3) is 10.9 Å². The first kappa shape index (κ1) is 10.1. The van der Waals surface area contributed by atoms with Crippen molar-refractivity contribution in [3.63, 3.8) is 0 Å². The Hall–Kier alpha value is -0.430. The molecule has 0 fully saturated rings. The fourth-order valence-electron chi connectivity index (χ4n) is 1.22. The minimum atomic E-state index is -2.59. The van der Waals surface area contributed by atoms with Gasteiger partial charge in [-0.25, -0.2) is 8.78 Å². The van der Waals surface area contributed by atoms with Gasteiger partial charge < -0.3 is 0 Å². The third-order valence-corrected chi connectivity index (χ3v) is 3.47. The van der Waals surface area contributed by atoms with E-state index in [2.05, 4.69) is 10.2 Å². The van der Waals surface area contributed by atoms with Crippen molar-refractivity contribution < 1.29 is 8.78 Å². The molecule has 0 atom stereocenters. The molecule has 2 rings (SSSR count). The average Bonchev–Trinajstić information content (AvgIpc) is 2.55. The predicted molar refractivity (Wildman–Crippen MR) is 58.8 cm³/mol. The quantitative estimate of drug-likeness (QED) is 0.794. The third kappa shape index (κ3) is 1.48. The lowest BCUT2D eigenvalue weighted by molar-refractivity contribution is 0.147. The van der Waals surface area contributed by atoms with Gasteiger partial charge in [-0.05, 0) is 34.7 Å². The zero-order valence-corrected chi connectivity index (χ0v) is 9.60. The fourth-order valence-corrected chi connectivity index (χ4v) is 1.94. The van der Waals surface area contributed by atoms with E-state index in [9.17, 15) is 8.78 Å². The SMILES string of the molecule is FC(F)c1[nH]nc2ccc(I)c(Cl)c12. The highest BCUT2D eigenvalue weighted by Gasteiger charge is 2.18. The number of H-pyrrole nitrogens is 1. The Labute approximate surface area is 96.8 Å². The standard InChI is InChI=1S/C8H4ClF2IN2/c9-6-3(12)1-2-4-5(6)7(8(10)11)14-13-4/h1-2,8H,(H,13,14). The van der Waals surface area contributed by atoms with Gasteiger partial charge in [-0.1, -0.05) is 11.6 Å². The Balaban J connectivity index is 2.82. The Morgan fingerprint density at radius 2 is 2.14 bits per heavy atom. The molecule has 0 saturated carbocycles. The molecule has 0 aliphatic carbocycles. The van der Waals surface area contributed by atoms with Gasteiger partial charge in [0.05, 0.1) is 10.5 Å². The van der Waals surface area contributed by atoms with Gasteiger partial charge in [0.2, 0.25) is 0 Å². The smallest absolute Gasteiger partial charge is 0.275 e. The van der Waals surface area contributed by atoms with E-state index in [1.54, 1.807) is 12.1 Å². The van der Waals surface area contributed by atoms with E-state index in [-0.39, 0.29) is 5.69 Å². The molecule has 0 aliphatic heterocycles. The van der Waals surface area contributed by atoms with Crippen molar-refractivity contribution in [2.45, 2.75) is 6.43 Å². The molecule has 0 amide bonds. The molecule has 1 aromatic heterocycles. The lowest BCUT2D eigenvalue weighted by Crippen LogP contribution is -1.85. The molecule has 0 spiro atoms. The maximum absolute atomic E-state index is 12.5. The molecule has 0 unspecified atom stereocenters. The van der Waals surface area contributed by atoms with Crippen molar-refractivity contribution in [1.82, 2.24) is 10.2 Å². The fraction of sp³-hybridized carbons (Fsp3) is 0.125. The molecule has 1 heterocycles. The van der Waals surface area contributed by atoms with E-state index in [1.807, 2.05) is 22.6 Å². The molecule has 2 aromatic rings. The van der Waals surface area contributed by atoms with Gasteiger partial charge in [-0.3, -0.25) is 5.10 Å². The Kier molecular flexibility index (Phi) is 2.61. The van der Waals surface area contributed by atoms with Gasteiger partial charge in [-0.2, -0.15) is 5.10 Å². The molecule has 2 nitrogen and oxygen atoms in total. The number of halogens is 4. The summed E-state index contributed by atoms with van der Waals surface area (Å²) in [5, 5.41) is 6.68. The van der Waals surface area contributed by atoms with E-state index >= 15 is 0 Å². The number of fused-ring (bicyclic) bond motifs is 1. The summed E-state index contributed by atoms with van der Waals surface area (Å²) < 4.78 is 25.8. The molecular weight excluding hydrogens is 324 g/mol. The van der Waals surface area contributed by atoms with Crippen molar-refractivity contribution in [3.8, 4) is 0 Å². The topological polar surface area (TPSA) is 28.7 Å². The van der Waals surface area contributed by atoms with E-state index in [0.717, 1.165) is 3.57 Å². The summed E-state index contributed by atoms with van der Waals surface area (Å²) in [5.41, 5.74) is 0.245. The van der Waals surface area contributed by atoms with Gasteiger partial charge in [0.15, 0.2) is 0 Å². The van der Waals surface area contributed by atoms with E-state index in [1.165, 1.54) is 0 Å². The van der Waals surface area contributed by atoms with Crippen LogP contribution in [0.4, 0.5) is 8.78 Å². The summed E-state index contributed by atoms with van der Waals surface area (Å²) in [6, 6.07) is 3.40. The molecule has 1 N–H and O–H groups in total. The van der Waals surface area contributed by atoms with E-state index < -0.39 is 6.43 Å². The summed E-state index contributed by atoms with van der Waals surface area (Å²) in [7, 11) is 0. The van der Waals surface area contributed by atoms with Crippen molar-refractivity contribution in [2.24, 2.45) is 0 Å². The van der Waals surface area contributed by atoms with Gasteiger partial charge in [0.25, 0.3) is 6.43 Å². The Bertz CT molecular complexity index is 483. The second kappa shape index (κ2) is 3.62. The first-order chi connectivity index (χ1) is 6.61. The molecular formula is C8H4ClF2IN2. The summed E-state index contributed by atoms with van der Waals surface area (Å²) in [6.07, 6.45) is -2.59. The maximum Gasteiger partial charge on any atom is 0.280 e. The van der Waals surface area contributed by atoms with Crippen LogP contribution in [0.5, 0.6) is 0 Å². The van der Waals surface area contributed by atoms with Crippen LogP contribution in [-0.4, -0.2) is 10.2 Å². The number of benzene rings is 1. The van der Waals surface area contributed by atoms with Gasteiger partial charge in [0, 0.05) is 8.96 Å². The van der Waals surface area contributed by atoms with E-state index in [4.69, 9.17) is 11.6 Å². The van der Waals surface area contributed by atoms with Crippen LogP contribution >= 0.6 is 34.2 Å². The summed E-state index contributed by atoms with van der Waals surface area (Å²) in [4.78, 5) is 0. The second-order valence-electron chi connectivity index (χ2n) is 2.69. The molecule has 0 radical (unpaired) electrons. The minimum absolute atomic E-state index is 0.219. The molecule has 0 bridgehead atoms. The monoisotopic (exact) mass is 328 g/mol. The molecule has 1 aromatic carbocycles. The summed E-state index contributed by atoms with van der Waals surface area (Å²) in [5.74, 6) is 0. The van der Waals surface area contributed by atoms with Gasteiger partial charge >= 0.3 is 0 Å². The Morgan fingerprint density at radius 3 is 2.79 bits per heavy atom. The van der Waals surface area contributed by atoms with Crippen LogP contribution in [0.3, 0.4) is 0 Å². The molecule has 6 heteroatoms. The van der Waals surface area contributed by atoms with Crippen molar-refractivity contribution in [1.29, 1.82) is 0 Å². The van der Waals surface area contributed by atoms with Crippen LogP contribution < -0.4 is 0 Å². The molecule has 74 valence electrons. The van der Waals surface area contributed by atoms with Crippen LogP contribution in [0.15, 0.2) is 12.1 Å². The predicted octanol–water partition coefficient (Wildman–Crippen LogP) is 3.76. The number of nitrogens with one attached hydrogen (secondary N) is 1. The minimum Gasteiger partial charge on any atom is -0.275 e. The first-order valence-electron chi connectivity index (χ1n) is 3.71. The number of alkyl halides is 2. The van der Waals surface area contributed by atoms with E-state index in [0.29, 0.717) is 15.9 Å². The highest BCUT2D eigenvalue weighted by Crippen LogP contribution is 2.33. The lowest BCUT2D eigenvalue weighted by atomic mass is 10.2. The van der Waals surface area contributed by atoms with Crippen LogP contribution in [0.1, 0.15) is 12.1 Å². The summed E-state index contributed by atoms with van der Waals surface area (Å²) >= 11 is 7.91. The number of hydrogen-bond acceptors (Lipinski definition) is 1. The van der Waals surface area contributed by atoms with Gasteiger partial charge in [0.1, 0.15) is 5.69 Å². The zero-order chi connectivity index (χ0) is 10.3. The number of aromatic amines is 1. The van der Waals surface area contributed by atoms with Crippen molar-refractivity contribution in [2.75, 3.05) is 0 Å². The highest BCUT2D eigenvalue weighted by atomic mass is 127. The number of nitrogens with zero attached hydrogens (tertiary/aromatic N) is 1. The third-order valence-electron chi connectivity index (χ3n) is 1.86. The maximum atomic E-state index is 12.5. The van der Waals surface area contributed by atoms with Crippen LogP contribution in [-0.2, 0) is 0 Å². The summed E-state index contributed by atoms with van der Waals surface area (Å²) in [6.45, 7) is 0. The number of hydrogen-bond donors (Lipinski definition) is 1. The van der Waals surface area contributed by atoms with Gasteiger partial charge in [-0.15, -0.1) is 0 Å². The molecule has 14 heavy (non-hydrogen) atoms. The molecule has 0 aliphatic rings. The lowest BCUT2D eigenvalue weighted by Gasteiger charge is -1.99. The van der Waals surface area contributed by atoms with Crippen molar-refractivity contribution in [3.05, 3.63) is 26.4 Å². The first-order valence-corrected chi connectivity index (χ1v) is 5.17. The number of rotatable bonds is 1. The van der Waals surface area contributed by atoms with Crippen molar-refractivity contribution >= 4 is 45.1 Å². The van der Waals surface area contributed by atoms with Crippen LogP contribution in [0.2, 0.25) is 5.02 Å². The zero-order valence-electron chi connectivity index (χ0n) is 6.69. The Morgan fingerprint density at radius 1 is 1.43 bits per heavy atom. The molecule has 0 saturated heterocycles. The van der Waals surface area contributed by atoms with Crippen LogP contribution in [0, 0.1) is 3.57 Å².